The van der Waals surface area contributed by atoms with Gasteiger partial charge in [0.1, 0.15) is 0 Å². The molecule has 14 heavy (non-hydrogen) atoms. The molecule has 0 amide bonds. The highest BCUT2D eigenvalue weighted by Crippen LogP contribution is 2.22. The summed E-state index contributed by atoms with van der Waals surface area (Å²) in [6, 6.07) is 0. The van der Waals surface area contributed by atoms with Gasteiger partial charge in [0.2, 0.25) is 0 Å². The summed E-state index contributed by atoms with van der Waals surface area (Å²) in [4.78, 5) is 11.9. The highest BCUT2D eigenvalue weighted by Gasteiger charge is 2.29. The normalized spacial score (nSPS) is 26.7. The molecule has 0 N–H and O–H groups in total. The van der Waals surface area contributed by atoms with E-state index in [0.717, 1.165) is 6.42 Å². The van der Waals surface area contributed by atoms with Gasteiger partial charge in [-0.25, -0.2) is 0 Å². The Kier molecular flexibility index (Phi) is 2.37. The first-order valence-corrected chi connectivity index (χ1v) is 4.81. The summed E-state index contributed by atoms with van der Waals surface area (Å²) >= 11 is 0. The van der Waals surface area contributed by atoms with E-state index in [1.165, 1.54) is 0 Å². The van der Waals surface area contributed by atoms with Gasteiger partial charge in [0.15, 0.2) is 5.78 Å². The molecule has 4 nitrogen and oxygen atoms in total. The summed E-state index contributed by atoms with van der Waals surface area (Å²) in [6.45, 7) is 2.55. The number of ketones is 1. The van der Waals surface area contributed by atoms with Crippen LogP contribution in [0.15, 0.2) is 12.4 Å². The fourth-order valence-electron chi connectivity index (χ4n) is 1.78. The third kappa shape index (κ3) is 1.70. The van der Waals surface area contributed by atoms with Crippen molar-refractivity contribution in [2.75, 3.05) is 6.61 Å². The molecule has 76 valence electrons. The number of carbonyl (C=O) groups is 1. The molecular formula is C10H14N2O2. The van der Waals surface area contributed by atoms with E-state index in [1.807, 2.05) is 14.0 Å². The summed E-state index contributed by atoms with van der Waals surface area (Å²) < 4.78 is 7.01. The Hall–Kier alpha value is -1.16. The second kappa shape index (κ2) is 3.53. The first-order chi connectivity index (χ1) is 6.66. The van der Waals surface area contributed by atoms with Gasteiger partial charge in [-0.15, -0.1) is 0 Å². The van der Waals surface area contributed by atoms with Crippen molar-refractivity contribution in [1.82, 2.24) is 9.78 Å². The summed E-state index contributed by atoms with van der Waals surface area (Å²) in [5.41, 5.74) is 0.690. The van der Waals surface area contributed by atoms with Crippen LogP contribution in [0.4, 0.5) is 0 Å². The maximum absolute atomic E-state index is 11.9. The fourth-order valence-corrected chi connectivity index (χ4v) is 1.78. The van der Waals surface area contributed by atoms with Crippen LogP contribution in [0.5, 0.6) is 0 Å². The monoisotopic (exact) mass is 194 g/mol. The van der Waals surface area contributed by atoms with Gasteiger partial charge in [-0.3, -0.25) is 9.48 Å². The van der Waals surface area contributed by atoms with Gasteiger partial charge in [-0.1, -0.05) is 0 Å². The maximum Gasteiger partial charge on any atom is 0.171 e. The third-order valence-electron chi connectivity index (χ3n) is 2.56. The number of nitrogens with zero attached hydrogens (tertiary/aromatic N) is 2. The van der Waals surface area contributed by atoms with Crippen molar-refractivity contribution >= 4 is 5.78 Å². The maximum atomic E-state index is 11.9. The molecule has 0 radical (unpaired) electrons. The molecular weight excluding hydrogens is 180 g/mol. The lowest BCUT2D eigenvalue weighted by atomic mass is 9.97. The van der Waals surface area contributed by atoms with Crippen LogP contribution in [0.25, 0.3) is 0 Å². The minimum absolute atomic E-state index is 0.0224. The molecule has 2 heterocycles. The van der Waals surface area contributed by atoms with Gasteiger partial charge in [0.05, 0.1) is 24.5 Å². The Balaban J connectivity index is 2.09. The van der Waals surface area contributed by atoms with Crippen LogP contribution in [0.1, 0.15) is 23.7 Å². The standard InChI is InChI=1S/C10H14N2O2/c1-7-3-8(6-14-7)10(13)9-4-11-12(2)5-9/h4-5,7-8H,3,6H2,1-2H3. The van der Waals surface area contributed by atoms with E-state index in [9.17, 15) is 4.79 Å². The number of hydrogen-bond acceptors (Lipinski definition) is 3. The van der Waals surface area contributed by atoms with E-state index in [-0.39, 0.29) is 17.8 Å². The Morgan fingerprint density at radius 2 is 2.50 bits per heavy atom. The van der Waals surface area contributed by atoms with Gasteiger partial charge in [-0.05, 0) is 13.3 Å². The Morgan fingerprint density at radius 3 is 3.00 bits per heavy atom. The molecule has 1 aromatic heterocycles. The number of aryl methyl sites for hydroxylation is 1. The van der Waals surface area contributed by atoms with Crippen LogP contribution < -0.4 is 0 Å². The van der Waals surface area contributed by atoms with Gasteiger partial charge in [0.25, 0.3) is 0 Å². The summed E-state index contributed by atoms with van der Waals surface area (Å²) in [5, 5.41) is 3.98. The zero-order valence-electron chi connectivity index (χ0n) is 8.43. The van der Waals surface area contributed by atoms with E-state index in [1.54, 1.807) is 17.1 Å². The van der Waals surface area contributed by atoms with Crippen LogP contribution in [0, 0.1) is 5.92 Å². The second-order valence-corrected chi connectivity index (χ2v) is 3.84. The average molecular weight is 194 g/mol. The highest BCUT2D eigenvalue weighted by molar-refractivity contribution is 5.97. The third-order valence-corrected chi connectivity index (χ3v) is 2.56. The number of aromatic nitrogens is 2. The predicted octanol–water partition coefficient (Wildman–Crippen LogP) is 1.03. The molecule has 4 heteroatoms. The summed E-state index contributed by atoms with van der Waals surface area (Å²) in [7, 11) is 1.81. The zero-order chi connectivity index (χ0) is 10.1. The van der Waals surface area contributed by atoms with E-state index >= 15 is 0 Å². The predicted molar refractivity (Wildman–Crippen MR) is 51.1 cm³/mol. The first-order valence-electron chi connectivity index (χ1n) is 4.81. The fraction of sp³-hybridized carbons (Fsp3) is 0.600. The Labute approximate surface area is 82.9 Å². The van der Waals surface area contributed by atoms with Gasteiger partial charge < -0.3 is 4.74 Å². The lowest BCUT2D eigenvalue weighted by Crippen LogP contribution is -2.14. The molecule has 1 fully saturated rings. The van der Waals surface area contributed by atoms with Gasteiger partial charge in [-0.2, -0.15) is 5.10 Å². The number of carbonyl (C=O) groups excluding carboxylic acids is 1. The molecule has 2 rings (SSSR count). The summed E-state index contributed by atoms with van der Waals surface area (Å²) in [6.07, 6.45) is 4.41. The molecule has 1 saturated heterocycles. The van der Waals surface area contributed by atoms with Crippen molar-refractivity contribution in [3.63, 3.8) is 0 Å². The van der Waals surface area contributed by atoms with Gasteiger partial charge >= 0.3 is 0 Å². The molecule has 2 unspecified atom stereocenters. The number of hydrogen-bond donors (Lipinski definition) is 0. The van der Waals surface area contributed by atoms with E-state index in [2.05, 4.69) is 5.10 Å². The topological polar surface area (TPSA) is 44.1 Å². The Bertz CT molecular complexity index is 346. The van der Waals surface area contributed by atoms with Crippen molar-refractivity contribution < 1.29 is 9.53 Å². The molecule has 0 aromatic carbocycles. The smallest absolute Gasteiger partial charge is 0.171 e. The molecule has 0 spiro atoms. The number of Topliss-reactive ketones (excluding diaryl/α,β-unsaturated/α-hetero) is 1. The molecule has 1 aliphatic heterocycles. The van der Waals surface area contributed by atoms with E-state index < -0.39 is 0 Å². The van der Waals surface area contributed by atoms with Crippen molar-refractivity contribution in [2.24, 2.45) is 13.0 Å². The first kappa shape index (κ1) is 9.40. The SMILES string of the molecule is CC1CC(C(=O)c2cnn(C)c2)CO1. The molecule has 0 saturated carbocycles. The quantitative estimate of drug-likeness (QED) is 0.660. The molecule has 0 aliphatic carbocycles. The molecule has 2 atom stereocenters. The van der Waals surface area contributed by atoms with Crippen LogP contribution in [-0.2, 0) is 11.8 Å². The molecule has 1 aliphatic rings. The van der Waals surface area contributed by atoms with Crippen molar-refractivity contribution in [1.29, 1.82) is 0 Å². The average Bonchev–Trinajstić information content (AvgIpc) is 2.73. The minimum Gasteiger partial charge on any atom is -0.378 e. The molecule has 0 bridgehead atoms. The van der Waals surface area contributed by atoms with Gasteiger partial charge in [0, 0.05) is 19.2 Å². The number of ether oxygens (including phenoxy) is 1. The lowest BCUT2D eigenvalue weighted by Gasteiger charge is -2.02. The van der Waals surface area contributed by atoms with E-state index in [4.69, 9.17) is 4.74 Å². The van der Waals surface area contributed by atoms with Crippen molar-refractivity contribution in [3.8, 4) is 0 Å². The van der Waals surface area contributed by atoms with Crippen molar-refractivity contribution in [2.45, 2.75) is 19.4 Å². The zero-order valence-corrected chi connectivity index (χ0v) is 8.43. The van der Waals surface area contributed by atoms with Crippen LogP contribution in [0.3, 0.4) is 0 Å². The summed E-state index contributed by atoms with van der Waals surface area (Å²) in [5.74, 6) is 0.177. The minimum atomic E-state index is 0.0224. The lowest BCUT2D eigenvalue weighted by molar-refractivity contribution is 0.0877. The van der Waals surface area contributed by atoms with Crippen LogP contribution in [-0.4, -0.2) is 28.3 Å². The van der Waals surface area contributed by atoms with Crippen LogP contribution >= 0.6 is 0 Å². The van der Waals surface area contributed by atoms with Crippen LogP contribution in [0.2, 0.25) is 0 Å². The Morgan fingerprint density at radius 1 is 1.71 bits per heavy atom. The largest absolute Gasteiger partial charge is 0.378 e. The second-order valence-electron chi connectivity index (χ2n) is 3.84. The van der Waals surface area contributed by atoms with E-state index in [0.29, 0.717) is 12.2 Å². The molecule has 1 aromatic rings. The van der Waals surface area contributed by atoms with Crippen molar-refractivity contribution in [3.05, 3.63) is 18.0 Å². The number of rotatable bonds is 2. The highest BCUT2D eigenvalue weighted by atomic mass is 16.5.